The van der Waals surface area contributed by atoms with Crippen LogP contribution in [0.5, 0.6) is 0 Å². The number of hydrogen-bond donors (Lipinski definition) is 1. The maximum Gasteiger partial charge on any atom is 0.152 e. The Bertz CT molecular complexity index is 387. The number of carbonyl (C=O) groups is 1. The minimum absolute atomic E-state index is 0.116. The Labute approximate surface area is 108 Å². The Morgan fingerprint density at radius 3 is 2.56 bits per heavy atom. The quantitative estimate of drug-likeness (QED) is 0.815. The molecule has 0 aromatic heterocycles. The van der Waals surface area contributed by atoms with E-state index in [4.69, 9.17) is 0 Å². The molecule has 1 aliphatic heterocycles. The number of benzene rings is 1. The van der Waals surface area contributed by atoms with E-state index < -0.39 is 5.82 Å². The number of aldehydes is 1. The molecule has 3 nitrogen and oxygen atoms in total. The molecule has 0 saturated carbocycles. The molecule has 0 amide bonds. The van der Waals surface area contributed by atoms with Gasteiger partial charge in [-0.2, -0.15) is 0 Å². The number of hydrogen-bond acceptors (Lipinski definition) is 3. The molecule has 1 heterocycles. The van der Waals surface area contributed by atoms with E-state index in [1.807, 2.05) is 0 Å². The first-order valence-corrected chi connectivity index (χ1v) is 6.13. The molecule has 0 bridgehead atoms. The molecule has 2 rings (SSSR count). The van der Waals surface area contributed by atoms with Crippen molar-refractivity contribution in [1.82, 2.24) is 10.2 Å². The van der Waals surface area contributed by atoms with Crippen LogP contribution in [0.25, 0.3) is 0 Å². The van der Waals surface area contributed by atoms with Crippen molar-refractivity contribution in [3.8, 4) is 0 Å². The van der Waals surface area contributed by atoms with Crippen LogP contribution in [-0.4, -0.2) is 44.4 Å². The fraction of sp³-hybridized carbons (Fsp3) is 0.500. The van der Waals surface area contributed by atoms with E-state index in [0.29, 0.717) is 6.29 Å². The first-order chi connectivity index (χ1) is 8.54. The summed E-state index contributed by atoms with van der Waals surface area (Å²) in [5, 5.41) is 3.31. The molecule has 1 N–H and O–H groups in total. The molecule has 1 aliphatic rings. The Morgan fingerprint density at radius 1 is 1.44 bits per heavy atom. The molecule has 1 saturated heterocycles. The van der Waals surface area contributed by atoms with E-state index in [1.165, 1.54) is 31.6 Å². The zero-order valence-corrected chi connectivity index (χ0v) is 11.2. The highest BCUT2D eigenvalue weighted by atomic mass is 19.1. The lowest BCUT2D eigenvalue weighted by Gasteiger charge is -2.16. The number of aryl methyl sites for hydroxylation is 1. The Balaban J connectivity index is 0.000000184. The van der Waals surface area contributed by atoms with Gasteiger partial charge in [0, 0.05) is 12.6 Å². The third kappa shape index (κ3) is 4.55. The molecule has 0 aliphatic carbocycles. The summed E-state index contributed by atoms with van der Waals surface area (Å²) in [6.45, 7) is 4.15. The van der Waals surface area contributed by atoms with Crippen LogP contribution < -0.4 is 5.32 Å². The highest BCUT2D eigenvalue weighted by Gasteiger charge is 2.14. The number of carbonyl (C=O) groups excluding carboxylic acids is 1. The second-order valence-electron chi connectivity index (χ2n) is 4.75. The summed E-state index contributed by atoms with van der Waals surface area (Å²) in [7, 11) is 4.27. The van der Waals surface area contributed by atoms with Gasteiger partial charge in [0.2, 0.25) is 0 Å². The molecule has 1 fully saturated rings. The van der Waals surface area contributed by atoms with E-state index in [1.54, 1.807) is 13.0 Å². The van der Waals surface area contributed by atoms with Gasteiger partial charge < -0.3 is 10.2 Å². The molecule has 4 heteroatoms. The maximum atomic E-state index is 12.6. The van der Waals surface area contributed by atoms with Crippen molar-refractivity contribution in [2.75, 3.05) is 27.2 Å². The van der Waals surface area contributed by atoms with Crippen LogP contribution in [0.3, 0.4) is 0 Å². The van der Waals surface area contributed by atoms with Crippen LogP contribution in [0.1, 0.15) is 22.3 Å². The van der Waals surface area contributed by atoms with Crippen LogP contribution in [-0.2, 0) is 0 Å². The van der Waals surface area contributed by atoms with Gasteiger partial charge in [0.05, 0.1) is 5.56 Å². The highest BCUT2D eigenvalue weighted by Crippen LogP contribution is 2.06. The number of nitrogens with zero attached hydrogens (tertiary/aromatic N) is 1. The minimum atomic E-state index is -0.449. The highest BCUT2D eigenvalue weighted by molar-refractivity contribution is 5.75. The Kier molecular flexibility index (Phi) is 5.95. The molecule has 1 atom stereocenters. The van der Waals surface area contributed by atoms with Gasteiger partial charge in [-0.25, -0.2) is 4.39 Å². The van der Waals surface area contributed by atoms with Gasteiger partial charge in [-0.05, 0) is 51.7 Å². The number of likely N-dealkylation sites (N-methyl/N-ethyl adjacent to an activating group) is 1. The fourth-order valence-electron chi connectivity index (χ4n) is 1.81. The van der Waals surface area contributed by atoms with Gasteiger partial charge in [0.15, 0.2) is 6.29 Å². The van der Waals surface area contributed by atoms with Crippen LogP contribution in [0.2, 0.25) is 0 Å². The molecule has 18 heavy (non-hydrogen) atoms. The van der Waals surface area contributed by atoms with Crippen molar-refractivity contribution < 1.29 is 9.18 Å². The fourth-order valence-corrected chi connectivity index (χ4v) is 1.81. The Morgan fingerprint density at radius 2 is 2.17 bits per heavy atom. The molecule has 100 valence electrons. The van der Waals surface area contributed by atoms with Crippen molar-refractivity contribution >= 4 is 6.29 Å². The lowest BCUT2D eigenvalue weighted by Crippen LogP contribution is -2.29. The molecule has 0 radical (unpaired) electrons. The molecule has 1 aromatic rings. The summed E-state index contributed by atoms with van der Waals surface area (Å²) in [6.07, 6.45) is 1.82. The van der Waals surface area contributed by atoms with Crippen molar-refractivity contribution in [2.45, 2.75) is 19.4 Å². The van der Waals surface area contributed by atoms with Crippen molar-refractivity contribution in [3.05, 3.63) is 35.1 Å². The summed E-state index contributed by atoms with van der Waals surface area (Å²) >= 11 is 0. The third-order valence-electron chi connectivity index (χ3n) is 3.05. The van der Waals surface area contributed by atoms with E-state index >= 15 is 0 Å². The zero-order chi connectivity index (χ0) is 13.5. The molecular weight excluding hydrogens is 231 g/mol. The monoisotopic (exact) mass is 252 g/mol. The summed E-state index contributed by atoms with van der Waals surface area (Å²) in [4.78, 5) is 12.4. The second kappa shape index (κ2) is 7.24. The van der Waals surface area contributed by atoms with Crippen molar-refractivity contribution in [3.63, 3.8) is 0 Å². The largest absolute Gasteiger partial charge is 0.315 e. The smallest absolute Gasteiger partial charge is 0.152 e. The van der Waals surface area contributed by atoms with Crippen LogP contribution >= 0.6 is 0 Å². The molecule has 0 unspecified atom stereocenters. The second-order valence-corrected chi connectivity index (χ2v) is 4.75. The summed E-state index contributed by atoms with van der Waals surface area (Å²) in [5.41, 5.74) is 0.939. The maximum absolute atomic E-state index is 12.6. The van der Waals surface area contributed by atoms with Crippen LogP contribution in [0, 0.1) is 12.7 Å². The van der Waals surface area contributed by atoms with Gasteiger partial charge in [0.1, 0.15) is 5.82 Å². The molecule has 0 spiro atoms. The van der Waals surface area contributed by atoms with E-state index in [-0.39, 0.29) is 5.56 Å². The Hall–Kier alpha value is -1.26. The van der Waals surface area contributed by atoms with Gasteiger partial charge >= 0.3 is 0 Å². The SMILES string of the molecule is CN(C)[C@H]1CCNC1.Cc1ccc(C=O)c(F)c1. The third-order valence-corrected chi connectivity index (χ3v) is 3.05. The van der Waals surface area contributed by atoms with Crippen LogP contribution in [0.15, 0.2) is 18.2 Å². The predicted molar refractivity (Wildman–Crippen MR) is 71.5 cm³/mol. The lowest BCUT2D eigenvalue weighted by molar-refractivity contribution is 0.112. The van der Waals surface area contributed by atoms with E-state index in [9.17, 15) is 9.18 Å². The van der Waals surface area contributed by atoms with E-state index in [0.717, 1.165) is 11.6 Å². The number of nitrogens with one attached hydrogen (secondary N) is 1. The number of halogens is 1. The normalized spacial score (nSPS) is 18.4. The summed E-state index contributed by atoms with van der Waals surface area (Å²) in [6, 6.07) is 5.30. The van der Waals surface area contributed by atoms with Gasteiger partial charge in [-0.3, -0.25) is 4.79 Å². The average molecular weight is 252 g/mol. The van der Waals surface area contributed by atoms with Gasteiger partial charge in [-0.15, -0.1) is 0 Å². The lowest BCUT2D eigenvalue weighted by atomic mass is 10.1. The number of rotatable bonds is 2. The van der Waals surface area contributed by atoms with E-state index in [2.05, 4.69) is 24.3 Å². The van der Waals surface area contributed by atoms with Crippen molar-refractivity contribution in [1.29, 1.82) is 0 Å². The summed E-state index contributed by atoms with van der Waals surface area (Å²) in [5.74, 6) is -0.449. The first kappa shape index (κ1) is 14.8. The minimum Gasteiger partial charge on any atom is -0.315 e. The molecule has 1 aromatic carbocycles. The van der Waals surface area contributed by atoms with Crippen LogP contribution in [0.4, 0.5) is 4.39 Å². The first-order valence-electron chi connectivity index (χ1n) is 6.13. The zero-order valence-electron chi connectivity index (χ0n) is 11.2. The predicted octanol–water partition coefficient (Wildman–Crippen LogP) is 1.86. The van der Waals surface area contributed by atoms with Gasteiger partial charge in [-0.1, -0.05) is 6.07 Å². The average Bonchev–Trinajstić information content (AvgIpc) is 2.83. The summed E-state index contributed by atoms with van der Waals surface area (Å²) < 4.78 is 12.6. The van der Waals surface area contributed by atoms with Crippen molar-refractivity contribution in [2.24, 2.45) is 0 Å². The topological polar surface area (TPSA) is 32.3 Å². The molecular formula is C14H21FN2O. The van der Waals surface area contributed by atoms with Gasteiger partial charge in [0.25, 0.3) is 0 Å². The standard InChI is InChI=1S/C8H7FO.C6H14N2/c1-6-2-3-7(5-10)8(9)4-6;1-8(2)6-3-4-7-5-6/h2-5H,1H3;6-7H,3-5H2,1-2H3/t;6-/m.0/s1.